The summed E-state index contributed by atoms with van der Waals surface area (Å²) >= 11 is 0. The van der Waals surface area contributed by atoms with Gasteiger partial charge in [0.1, 0.15) is 19.0 Å². The number of hydrogen-bond acceptors (Lipinski definition) is 8. The van der Waals surface area contributed by atoms with Gasteiger partial charge < -0.3 is 24.3 Å². The van der Waals surface area contributed by atoms with Crippen LogP contribution < -0.4 is 10.1 Å². The first-order chi connectivity index (χ1) is 18.4. The van der Waals surface area contributed by atoms with Crippen molar-refractivity contribution in [1.29, 1.82) is 0 Å². The van der Waals surface area contributed by atoms with Gasteiger partial charge in [-0.05, 0) is 23.3 Å². The summed E-state index contributed by atoms with van der Waals surface area (Å²) < 4.78 is 21.0. The topological polar surface area (TPSA) is 117 Å². The lowest BCUT2D eigenvalue weighted by atomic mass is 9.90. The Labute approximate surface area is 220 Å². The monoisotopic (exact) mass is 519 g/mol. The Morgan fingerprint density at radius 2 is 1.13 bits per heavy atom. The molecule has 0 saturated heterocycles. The van der Waals surface area contributed by atoms with E-state index in [1.807, 2.05) is 12.1 Å². The van der Waals surface area contributed by atoms with E-state index in [0.717, 1.165) is 18.2 Å². The summed E-state index contributed by atoms with van der Waals surface area (Å²) in [5, 5.41) is 2.47. The van der Waals surface area contributed by atoms with E-state index in [-0.39, 0.29) is 13.2 Å². The van der Waals surface area contributed by atoms with Crippen molar-refractivity contribution in [3.63, 3.8) is 0 Å². The maximum atomic E-state index is 13.0. The maximum Gasteiger partial charge on any atom is 0.332 e. The van der Waals surface area contributed by atoms with E-state index in [1.165, 1.54) is 0 Å². The molecule has 0 aromatic heterocycles. The van der Waals surface area contributed by atoms with Crippen LogP contribution in [-0.2, 0) is 46.6 Å². The molecule has 0 atom stereocenters. The largest absolute Gasteiger partial charge is 0.484 e. The second-order valence-corrected chi connectivity index (χ2v) is 8.37. The van der Waals surface area contributed by atoms with Crippen LogP contribution >= 0.6 is 0 Å². The molecular formula is C29H29NO8. The van der Waals surface area contributed by atoms with Crippen molar-refractivity contribution in [2.24, 2.45) is 0 Å². The summed E-state index contributed by atoms with van der Waals surface area (Å²) in [7, 11) is 1.09. The smallest absolute Gasteiger partial charge is 0.332 e. The summed E-state index contributed by atoms with van der Waals surface area (Å²) in [6, 6.07) is 26.4. The van der Waals surface area contributed by atoms with E-state index in [1.54, 1.807) is 78.9 Å². The number of benzene rings is 3. The SMILES string of the molecule is COC(=O)C(CC(=O)OCc1ccccc1)(CC(=O)OCc1ccccc1)NC(=O)COc1ccccc1. The molecule has 0 fully saturated rings. The highest BCUT2D eigenvalue weighted by atomic mass is 16.5. The quantitative estimate of drug-likeness (QED) is 0.270. The van der Waals surface area contributed by atoms with Crippen LogP contribution in [0, 0.1) is 0 Å². The fourth-order valence-corrected chi connectivity index (χ4v) is 3.58. The predicted octanol–water partition coefficient (Wildman–Crippen LogP) is 3.36. The van der Waals surface area contributed by atoms with Gasteiger partial charge >= 0.3 is 17.9 Å². The number of hydrogen-bond donors (Lipinski definition) is 1. The number of esters is 3. The molecule has 0 radical (unpaired) electrons. The lowest BCUT2D eigenvalue weighted by Crippen LogP contribution is -2.58. The standard InChI is InChI=1S/C29H29NO8/c1-35-28(34)29(17-26(32)37-19-22-11-5-2-6-12-22,18-27(33)38-20-23-13-7-3-8-14-23)30-25(31)21-36-24-15-9-4-10-16-24/h2-16H,17-21H2,1H3,(H,30,31). The number of amides is 1. The van der Waals surface area contributed by atoms with Crippen molar-refractivity contribution in [2.45, 2.75) is 31.6 Å². The molecule has 0 saturated carbocycles. The summed E-state index contributed by atoms with van der Waals surface area (Å²) in [6.07, 6.45) is -1.33. The Morgan fingerprint density at radius 1 is 0.684 bits per heavy atom. The maximum absolute atomic E-state index is 13.0. The molecule has 9 heteroatoms. The number of methoxy groups -OCH3 is 1. The normalized spacial score (nSPS) is 10.7. The van der Waals surface area contributed by atoms with Gasteiger partial charge in [-0.2, -0.15) is 0 Å². The van der Waals surface area contributed by atoms with Gasteiger partial charge in [0.05, 0.1) is 20.0 Å². The first-order valence-corrected chi connectivity index (χ1v) is 11.9. The zero-order valence-electron chi connectivity index (χ0n) is 21.0. The minimum Gasteiger partial charge on any atom is -0.484 e. The van der Waals surface area contributed by atoms with E-state index in [4.69, 9.17) is 18.9 Å². The van der Waals surface area contributed by atoms with E-state index < -0.39 is 48.8 Å². The van der Waals surface area contributed by atoms with Gasteiger partial charge in [0.2, 0.25) is 0 Å². The molecule has 3 aromatic rings. The minimum atomic E-state index is -2.08. The molecule has 1 N–H and O–H groups in total. The van der Waals surface area contributed by atoms with Gasteiger partial charge in [-0.3, -0.25) is 14.4 Å². The average Bonchev–Trinajstić information content (AvgIpc) is 2.95. The van der Waals surface area contributed by atoms with Crippen LogP contribution in [0.25, 0.3) is 0 Å². The van der Waals surface area contributed by atoms with Crippen LogP contribution in [0.1, 0.15) is 24.0 Å². The van der Waals surface area contributed by atoms with Crippen LogP contribution in [0.3, 0.4) is 0 Å². The fraction of sp³-hybridized carbons (Fsp3) is 0.241. The van der Waals surface area contributed by atoms with Crippen LogP contribution in [0.4, 0.5) is 0 Å². The summed E-state index contributed by atoms with van der Waals surface area (Å²) in [5.74, 6) is -2.96. The molecule has 198 valence electrons. The van der Waals surface area contributed by atoms with Crippen molar-refractivity contribution in [1.82, 2.24) is 5.32 Å². The van der Waals surface area contributed by atoms with Crippen molar-refractivity contribution < 1.29 is 38.1 Å². The van der Waals surface area contributed by atoms with E-state index in [2.05, 4.69) is 5.32 Å². The molecule has 0 aliphatic rings. The lowest BCUT2D eigenvalue weighted by molar-refractivity contribution is -0.163. The zero-order valence-corrected chi connectivity index (χ0v) is 21.0. The molecule has 1 amide bonds. The highest BCUT2D eigenvalue weighted by molar-refractivity contribution is 5.95. The fourth-order valence-electron chi connectivity index (χ4n) is 3.58. The molecule has 3 rings (SSSR count). The third-order valence-electron chi connectivity index (χ3n) is 5.45. The Balaban J connectivity index is 1.74. The molecule has 0 aliphatic heterocycles. The summed E-state index contributed by atoms with van der Waals surface area (Å²) in [5.41, 5.74) is -0.618. The van der Waals surface area contributed by atoms with Crippen molar-refractivity contribution in [3.05, 3.63) is 102 Å². The van der Waals surface area contributed by atoms with E-state index in [0.29, 0.717) is 5.75 Å². The molecule has 38 heavy (non-hydrogen) atoms. The predicted molar refractivity (Wildman–Crippen MR) is 137 cm³/mol. The third-order valence-corrected chi connectivity index (χ3v) is 5.45. The van der Waals surface area contributed by atoms with Crippen molar-refractivity contribution >= 4 is 23.8 Å². The number of nitrogens with one attached hydrogen (secondary N) is 1. The minimum absolute atomic E-state index is 0.0551. The number of carbonyl (C=O) groups is 4. The highest BCUT2D eigenvalue weighted by Gasteiger charge is 2.46. The molecule has 0 unspecified atom stereocenters. The third kappa shape index (κ3) is 8.77. The average molecular weight is 520 g/mol. The number of carbonyl (C=O) groups excluding carboxylic acids is 4. The molecule has 0 aliphatic carbocycles. The van der Waals surface area contributed by atoms with Crippen LogP contribution in [0.2, 0.25) is 0 Å². The van der Waals surface area contributed by atoms with Crippen LogP contribution in [0.15, 0.2) is 91.0 Å². The molecule has 0 bridgehead atoms. The Bertz CT molecular complexity index is 1060. The number of para-hydroxylation sites is 1. The number of rotatable bonds is 13. The van der Waals surface area contributed by atoms with Gasteiger partial charge in [0.25, 0.3) is 5.91 Å². The zero-order chi connectivity index (χ0) is 27.2. The molecule has 9 nitrogen and oxygen atoms in total. The van der Waals surface area contributed by atoms with Gasteiger partial charge in [-0.25, -0.2) is 4.79 Å². The first kappa shape index (κ1) is 27.9. The second-order valence-electron chi connectivity index (χ2n) is 8.37. The Morgan fingerprint density at radius 3 is 1.58 bits per heavy atom. The van der Waals surface area contributed by atoms with Gasteiger partial charge in [-0.15, -0.1) is 0 Å². The molecular weight excluding hydrogens is 490 g/mol. The first-order valence-electron chi connectivity index (χ1n) is 11.9. The number of ether oxygens (including phenoxy) is 4. The van der Waals surface area contributed by atoms with E-state index in [9.17, 15) is 19.2 Å². The van der Waals surface area contributed by atoms with Gasteiger partial charge in [0.15, 0.2) is 12.1 Å². The van der Waals surface area contributed by atoms with Gasteiger partial charge in [0, 0.05) is 0 Å². The van der Waals surface area contributed by atoms with Gasteiger partial charge in [-0.1, -0.05) is 78.9 Å². The Kier molecular flexibility index (Phi) is 10.4. The summed E-state index contributed by atoms with van der Waals surface area (Å²) in [4.78, 5) is 51.4. The molecule has 0 spiro atoms. The lowest BCUT2D eigenvalue weighted by Gasteiger charge is -2.30. The van der Waals surface area contributed by atoms with Crippen molar-refractivity contribution in [3.8, 4) is 5.75 Å². The summed E-state index contributed by atoms with van der Waals surface area (Å²) in [6.45, 7) is -0.582. The second kappa shape index (κ2) is 14.2. The highest BCUT2D eigenvalue weighted by Crippen LogP contribution is 2.21. The van der Waals surface area contributed by atoms with Crippen LogP contribution in [-0.4, -0.2) is 43.1 Å². The van der Waals surface area contributed by atoms with Crippen molar-refractivity contribution in [2.75, 3.05) is 13.7 Å². The Hall–Kier alpha value is -4.66. The molecule has 0 heterocycles. The molecule has 3 aromatic carbocycles. The van der Waals surface area contributed by atoms with E-state index >= 15 is 0 Å². The van der Waals surface area contributed by atoms with Crippen LogP contribution in [0.5, 0.6) is 5.75 Å².